The molecule has 0 unspecified atom stereocenters. The van der Waals surface area contributed by atoms with Crippen LogP contribution in [0.5, 0.6) is 11.5 Å². The first-order chi connectivity index (χ1) is 16.6. The lowest BCUT2D eigenvalue weighted by atomic mass is 9.74. The van der Waals surface area contributed by atoms with E-state index in [1.165, 1.54) is 33.4 Å². The Bertz CT molecular complexity index is 977. The number of rotatable bonds is 12. The van der Waals surface area contributed by atoms with Gasteiger partial charge in [0.05, 0.1) is 12.5 Å². The standard InChI is InChI=1S/C31H44O4/c1-11-13-32-15-17-34-29-25(7)23(5)21(3)19-27(29)31(9,10)28-20-22(4)24(6)26(8)30(28)35-18-16-33-14-12-2/h11-14,19-20H,15-18H2,1-10H3. The third kappa shape index (κ3) is 6.62. The molecule has 0 aliphatic rings. The quantitative estimate of drug-likeness (QED) is 0.230. The van der Waals surface area contributed by atoms with Gasteiger partial charge in [0.1, 0.15) is 37.9 Å². The molecule has 0 aliphatic carbocycles. The van der Waals surface area contributed by atoms with E-state index in [2.05, 4.69) is 67.5 Å². The van der Waals surface area contributed by atoms with Crippen molar-refractivity contribution in [2.75, 3.05) is 26.4 Å². The molecule has 35 heavy (non-hydrogen) atoms. The molecule has 4 heteroatoms. The van der Waals surface area contributed by atoms with Gasteiger partial charge in [-0.25, -0.2) is 0 Å². The minimum Gasteiger partial charge on any atom is -0.498 e. The number of aryl methyl sites for hydroxylation is 2. The molecule has 0 N–H and O–H groups in total. The number of benzene rings is 2. The summed E-state index contributed by atoms with van der Waals surface area (Å²) in [4.78, 5) is 0. The maximum absolute atomic E-state index is 6.38. The van der Waals surface area contributed by atoms with Gasteiger partial charge in [-0.3, -0.25) is 0 Å². The van der Waals surface area contributed by atoms with Crippen LogP contribution in [0.2, 0.25) is 0 Å². The van der Waals surface area contributed by atoms with E-state index in [0.29, 0.717) is 26.4 Å². The van der Waals surface area contributed by atoms with Crippen LogP contribution in [0.1, 0.15) is 72.2 Å². The number of ether oxygens (including phenoxy) is 4. The molecule has 2 aromatic carbocycles. The van der Waals surface area contributed by atoms with Crippen LogP contribution in [-0.4, -0.2) is 26.4 Å². The highest BCUT2D eigenvalue weighted by molar-refractivity contribution is 5.60. The Labute approximate surface area is 212 Å². The van der Waals surface area contributed by atoms with Crippen molar-refractivity contribution in [2.24, 2.45) is 0 Å². The molecule has 4 nitrogen and oxygen atoms in total. The van der Waals surface area contributed by atoms with Crippen LogP contribution >= 0.6 is 0 Å². The normalized spacial score (nSPS) is 11.9. The first-order valence-electron chi connectivity index (χ1n) is 12.5. The highest BCUT2D eigenvalue weighted by atomic mass is 16.5. The van der Waals surface area contributed by atoms with Crippen molar-refractivity contribution < 1.29 is 18.9 Å². The second kappa shape index (κ2) is 12.7. The first kappa shape index (κ1) is 28.4. The molecule has 0 saturated carbocycles. The van der Waals surface area contributed by atoms with E-state index in [1.54, 1.807) is 12.5 Å². The maximum atomic E-state index is 6.38. The summed E-state index contributed by atoms with van der Waals surface area (Å²) < 4.78 is 23.8. The van der Waals surface area contributed by atoms with Crippen molar-refractivity contribution in [3.8, 4) is 11.5 Å². The van der Waals surface area contributed by atoms with Gasteiger partial charge in [-0.2, -0.15) is 0 Å². The molecule has 0 fully saturated rings. The Morgan fingerprint density at radius 3 is 1.31 bits per heavy atom. The fraction of sp³-hybridized carbons (Fsp3) is 0.484. The molecule has 0 aliphatic heterocycles. The molecule has 0 heterocycles. The number of allylic oxidation sites excluding steroid dienone is 2. The zero-order valence-electron chi connectivity index (χ0n) is 23.4. The summed E-state index contributed by atoms with van der Waals surface area (Å²) in [5.74, 6) is 1.86. The van der Waals surface area contributed by atoms with Crippen molar-refractivity contribution in [2.45, 2.75) is 74.7 Å². The summed E-state index contributed by atoms with van der Waals surface area (Å²) in [5, 5.41) is 0. The van der Waals surface area contributed by atoms with Crippen molar-refractivity contribution >= 4 is 0 Å². The fourth-order valence-electron chi connectivity index (χ4n) is 4.27. The second-order valence-electron chi connectivity index (χ2n) is 9.64. The van der Waals surface area contributed by atoms with Crippen molar-refractivity contribution in [3.05, 3.63) is 81.3 Å². The number of hydrogen-bond acceptors (Lipinski definition) is 4. The van der Waals surface area contributed by atoms with E-state index >= 15 is 0 Å². The molecule has 2 aromatic rings. The van der Waals surface area contributed by atoms with E-state index in [4.69, 9.17) is 18.9 Å². The van der Waals surface area contributed by atoms with Gasteiger partial charge in [-0.05, 0) is 88.8 Å². The molecular formula is C31H44O4. The average Bonchev–Trinajstić information content (AvgIpc) is 2.82. The topological polar surface area (TPSA) is 36.9 Å². The van der Waals surface area contributed by atoms with Gasteiger partial charge in [-0.1, -0.05) is 38.1 Å². The molecule has 0 amide bonds. The third-order valence-corrected chi connectivity index (χ3v) is 6.91. The zero-order chi connectivity index (χ0) is 26.2. The molecule has 192 valence electrons. The summed E-state index contributed by atoms with van der Waals surface area (Å²) in [6, 6.07) is 4.54. The minimum atomic E-state index is -0.356. The summed E-state index contributed by atoms with van der Waals surface area (Å²) in [6.07, 6.45) is 7.15. The van der Waals surface area contributed by atoms with Gasteiger partial charge in [0, 0.05) is 16.5 Å². The van der Waals surface area contributed by atoms with E-state index in [1.807, 2.05) is 26.0 Å². The summed E-state index contributed by atoms with van der Waals surface area (Å²) in [5.41, 5.74) is 9.31. The molecule has 0 atom stereocenters. The Kier molecular flexibility index (Phi) is 10.3. The van der Waals surface area contributed by atoms with Crippen molar-refractivity contribution in [1.29, 1.82) is 0 Å². The Hall–Kier alpha value is -2.88. The van der Waals surface area contributed by atoms with Gasteiger partial charge in [0.15, 0.2) is 0 Å². The summed E-state index contributed by atoms with van der Waals surface area (Å²) >= 11 is 0. The van der Waals surface area contributed by atoms with Gasteiger partial charge in [0.2, 0.25) is 0 Å². The Morgan fingerprint density at radius 1 is 0.600 bits per heavy atom. The minimum absolute atomic E-state index is 0.356. The summed E-state index contributed by atoms with van der Waals surface area (Å²) in [7, 11) is 0. The predicted octanol–water partition coefficient (Wildman–Crippen LogP) is 7.72. The van der Waals surface area contributed by atoms with E-state index < -0.39 is 0 Å². The number of hydrogen-bond donors (Lipinski definition) is 0. The van der Waals surface area contributed by atoms with Gasteiger partial charge in [0.25, 0.3) is 0 Å². The lowest BCUT2D eigenvalue weighted by molar-refractivity contribution is 0.174. The Morgan fingerprint density at radius 2 is 0.971 bits per heavy atom. The van der Waals surface area contributed by atoms with Crippen LogP contribution in [0.4, 0.5) is 0 Å². The van der Waals surface area contributed by atoms with Crippen LogP contribution in [0.15, 0.2) is 36.8 Å². The second-order valence-corrected chi connectivity index (χ2v) is 9.64. The molecule has 2 rings (SSSR count). The van der Waals surface area contributed by atoms with E-state index in [0.717, 1.165) is 22.6 Å². The monoisotopic (exact) mass is 480 g/mol. The van der Waals surface area contributed by atoms with Crippen LogP contribution in [0.25, 0.3) is 0 Å². The molecule has 0 bridgehead atoms. The Balaban J connectivity index is 2.57. The third-order valence-electron chi connectivity index (χ3n) is 6.91. The van der Waals surface area contributed by atoms with E-state index in [-0.39, 0.29) is 5.41 Å². The maximum Gasteiger partial charge on any atom is 0.126 e. The smallest absolute Gasteiger partial charge is 0.126 e. The zero-order valence-corrected chi connectivity index (χ0v) is 23.4. The lowest BCUT2D eigenvalue weighted by Crippen LogP contribution is -2.24. The molecule has 0 saturated heterocycles. The van der Waals surface area contributed by atoms with Crippen LogP contribution < -0.4 is 9.47 Å². The molecule has 0 spiro atoms. The van der Waals surface area contributed by atoms with Gasteiger partial charge >= 0.3 is 0 Å². The van der Waals surface area contributed by atoms with E-state index in [9.17, 15) is 0 Å². The van der Waals surface area contributed by atoms with Crippen molar-refractivity contribution in [1.82, 2.24) is 0 Å². The van der Waals surface area contributed by atoms with Gasteiger partial charge in [-0.15, -0.1) is 0 Å². The fourth-order valence-corrected chi connectivity index (χ4v) is 4.27. The highest BCUT2D eigenvalue weighted by Crippen LogP contribution is 2.46. The van der Waals surface area contributed by atoms with Crippen molar-refractivity contribution in [3.63, 3.8) is 0 Å². The van der Waals surface area contributed by atoms with Gasteiger partial charge < -0.3 is 18.9 Å². The average molecular weight is 481 g/mol. The van der Waals surface area contributed by atoms with Crippen LogP contribution in [-0.2, 0) is 14.9 Å². The first-order valence-corrected chi connectivity index (χ1v) is 12.5. The van der Waals surface area contributed by atoms with Crippen LogP contribution in [0.3, 0.4) is 0 Å². The van der Waals surface area contributed by atoms with Crippen LogP contribution in [0, 0.1) is 41.5 Å². The lowest BCUT2D eigenvalue weighted by Gasteiger charge is -2.33. The molecule has 0 radical (unpaired) electrons. The molecular weight excluding hydrogens is 436 g/mol. The SMILES string of the molecule is CC=COCCOc1c(C(C)(C)c2cc(C)c(C)c(C)c2OCCOC=CC)cc(C)c(C)c1C. The largest absolute Gasteiger partial charge is 0.498 e. The molecule has 0 aromatic heterocycles. The summed E-state index contributed by atoms with van der Waals surface area (Å²) in [6.45, 7) is 23.3. The predicted molar refractivity (Wildman–Crippen MR) is 146 cm³/mol. The highest BCUT2D eigenvalue weighted by Gasteiger charge is 2.33.